The Labute approximate surface area is 396 Å². The number of rotatable bonds is 7. The number of furan rings is 1. The van der Waals surface area contributed by atoms with E-state index in [1.54, 1.807) is 0 Å². The molecular weight excluding hydrogens is 843 g/mol. The SMILES string of the molecule is c1ccc(-c2nc(-c3ccccc3)nc(-c3ccc(-c4ccc(-n5c6ccccc6c6cc(-c7ccc8c(c7)c7ccccc7n8-c7cccc8c7oc7ccccc78)ccc65)cc4)cc3)n2)cc1. The van der Waals surface area contributed by atoms with E-state index in [1.165, 1.54) is 38.2 Å². The predicted molar refractivity (Wildman–Crippen MR) is 283 cm³/mol. The van der Waals surface area contributed by atoms with Crippen LogP contribution in [0.25, 0.3) is 133 Å². The number of hydrogen-bond donors (Lipinski definition) is 0. The molecular formula is C63H39N5O. The second kappa shape index (κ2) is 15.6. The minimum Gasteiger partial charge on any atom is -0.454 e. The maximum absolute atomic E-state index is 6.55. The quantitative estimate of drug-likeness (QED) is 0.160. The summed E-state index contributed by atoms with van der Waals surface area (Å²) >= 11 is 0. The molecule has 0 radical (unpaired) electrons. The Hall–Kier alpha value is -9.39. The van der Waals surface area contributed by atoms with Gasteiger partial charge in [0.05, 0.1) is 27.8 Å². The van der Waals surface area contributed by atoms with Crippen molar-refractivity contribution in [3.05, 3.63) is 237 Å². The van der Waals surface area contributed by atoms with Crippen LogP contribution in [0.1, 0.15) is 0 Å². The summed E-state index contributed by atoms with van der Waals surface area (Å²) in [5.41, 5.74) is 16.0. The molecule has 0 saturated heterocycles. The van der Waals surface area contributed by atoms with Crippen LogP contribution >= 0.6 is 0 Å². The zero-order chi connectivity index (χ0) is 45.4. The lowest BCUT2D eigenvalue weighted by atomic mass is 10.0. The van der Waals surface area contributed by atoms with Gasteiger partial charge in [-0.1, -0.05) is 176 Å². The third-order valence-corrected chi connectivity index (χ3v) is 13.6. The predicted octanol–water partition coefficient (Wildman–Crippen LogP) is 16.3. The maximum Gasteiger partial charge on any atom is 0.164 e. The molecule has 0 amide bonds. The average molecular weight is 882 g/mol. The molecule has 4 aromatic heterocycles. The Morgan fingerprint density at radius 2 is 0.696 bits per heavy atom. The molecule has 69 heavy (non-hydrogen) atoms. The second-order valence-electron chi connectivity index (χ2n) is 17.6. The van der Waals surface area contributed by atoms with Crippen molar-refractivity contribution in [3.8, 4) is 67.8 Å². The highest BCUT2D eigenvalue weighted by Crippen LogP contribution is 2.41. The fraction of sp³-hybridized carbons (Fsp3) is 0. The Kier molecular flexibility index (Phi) is 8.79. The van der Waals surface area contributed by atoms with E-state index in [9.17, 15) is 0 Å². The molecule has 0 N–H and O–H groups in total. The summed E-state index contributed by atoms with van der Waals surface area (Å²) in [7, 11) is 0. The van der Waals surface area contributed by atoms with Crippen molar-refractivity contribution in [2.75, 3.05) is 0 Å². The van der Waals surface area contributed by atoms with Crippen LogP contribution in [0.3, 0.4) is 0 Å². The van der Waals surface area contributed by atoms with Gasteiger partial charge in [0.25, 0.3) is 0 Å². The van der Waals surface area contributed by atoms with Crippen molar-refractivity contribution >= 4 is 65.6 Å². The van der Waals surface area contributed by atoms with Crippen molar-refractivity contribution in [2.24, 2.45) is 0 Å². The van der Waals surface area contributed by atoms with Crippen LogP contribution in [0.15, 0.2) is 241 Å². The first kappa shape index (κ1) is 38.8. The molecule has 10 aromatic carbocycles. The molecule has 0 aliphatic heterocycles. The van der Waals surface area contributed by atoms with Crippen molar-refractivity contribution in [2.45, 2.75) is 0 Å². The maximum atomic E-state index is 6.55. The van der Waals surface area contributed by atoms with Crippen LogP contribution in [0.5, 0.6) is 0 Å². The van der Waals surface area contributed by atoms with Crippen LogP contribution in [-0.2, 0) is 0 Å². The molecule has 6 nitrogen and oxygen atoms in total. The normalized spacial score (nSPS) is 11.8. The average Bonchev–Trinajstić information content (AvgIpc) is 4.09. The molecule has 0 atom stereocenters. The van der Waals surface area contributed by atoms with E-state index in [0.29, 0.717) is 17.5 Å². The molecule has 0 saturated carbocycles. The number of aromatic nitrogens is 5. The molecule has 0 spiro atoms. The minimum atomic E-state index is 0.639. The summed E-state index contributed by atoms with van der Waals surface area (Å²) in [6.07, 6.45) is 0. The third-order valence-electron chi connectivity index (χ3n) is 13.6. The fourth-order valence-electron chi connectivity index (χ4n) is 10.3. The van der Waals surface area contributed by atoms with Gasteiger partial charge >= 0.3 is 0 Å². The second-order valence-corrected chi connectivity index (χ2v) is 17.6. The number of benzene rings is 10. The Balaban J connectivity index is 0.808. The lowest BCUT2D eigenvalue weighted by molar-refractivity contribution is 0.666. The molecule has 14 rings (SSSR count). The highest BCUT2D eigenvalue weighted by atomic mass is 16.3. The van der Waals surface area contributed by atoms with E-state index in [-0.39, 0.29) is 0 Å². The zero-order valence-electron chi connectivity index (χ0n) is 37.2. The number of para-hydroxylation sites is 4. The van der Waals surface area contributed by atoms with Crippen molar-refractivity contribution in [3.63, 3.8) is 0 Å². The van der Waals surface area contributed by atoms with Crippen molar-refractivity contribution in [1.29, 1.82) is 0 Å². The first-order valence-electron chi connectivity index (χ1n) is 23.3. The lowest BCUT2D eigenvalue weighted by Crippen LogP contribution is -2.00. The van der Waals surface area contributed by atoms with Gasteiger partial charge in [-0.05, 0) is 82.9 Å². The highest BCUT2D eigenvalue weighted by molar-refractivity contribution is 6.14. The molecule has 0 aliphatic rings. The first-order chi connectivity index (χ1) is 34.2. The molecule has 0 aliphatic carbocycles. The van der Waals surface area contributed by atoms with Crippen LogP contribution in [0.2, 0.25) is 0 Å². The van der Waals surface area contributed by atoms with Gasteiger partial charge in [-0.3, -0.25) is 0 Å². The van der Waals surface area contributed by atoms with Gasteiger partial charge < -0.3 is 13.6 Å². The van der Waals surface area contributed by atoms with Gasteiger partial charge in [0.2, 0.25) is 0 Å². The van der Waals surface area contributed by atoms with E-state index in [2.05, 4.69) is 173 Å². The minimum absolute atomic E-state index is 0.639. The van der Waals surface area contributed by atoms with Crippen LogP contribution < -0.4 is 0 Å². The Bertz CT molecular complexity index is 4220. The summed E-state index contributed by atoms with van der Waals surface area (Å²) in [5.74, 6) is 1.94. The number of nitrogens with zero attached hydrogens (tertiary/aromatic N) is 5. The van der Waals surface area contributed by atoms with E-state index < -0.39 is 0 Å². The Morgan fingerprint density at radius 1 is 0.275 bits per heavy atom. The number of fused-ring (bicyclic) bond motifs is 9. The first-order valence-corrected chi connectivity index (χ1v) is 23.3. The van der Waals surface area contributed by atoms with Crippen molar-refractivity contribution < 1.29 is 4.42 Å². The van der Waals surface area contributed by atoms with Crippen LogP contribution in [0.4, 0.5) is 0 Å². The van der Waals surface area contributed by atoms with E-state index in [1.807, 2.05) is 72.8 Å². The summed E-state index contributed by atoms with van der Waals surface area (Å²) in [6.45, 7) is 0. The standard InChI is InChI=1S/C63H39N5O/c1-3-14-42(15-4-1)61-64-62(43-16-5-2-6-17-43)66-63(65-61)44-28-26-40(27-29-44)41-30-34-47(35-31-41)67-54-22-10-7-18-48(54)52-38-45(32-36-56(52)67)46-33-37-57-53(39-46)49-19-8-11-23-55(49)68(57)58-24-13-21-51-50-20-9-12-25-59(50)69-60(51)58/h1-39H. The summed E-state index contributed by atoms with van der Waals surface area (Å²) in [4.78, 5) is 14.7. The summed E-state index contributed by atoms with van der Waals surface area (Å²) in [5, 5.41) is 7.09. The Morgan fingerprint density at radius 3 is 1.29 bits per heavy atom. The molecule has 6 heteroatoms. The van der Waals surface area contributed by atoms with E-state index in [0.717, 1.165) is 77.7 Å². The van der Waals surface area contributed by atoms with E-state index >= 15 is 0 Å². The number of hydrogen-bond acceptors (Lipinski definition) is 4. The summed E-state index contributed by atoms with van der Waals surface area (Å²) < 4.78 is 11.3. The molecule has 14 aromatic rings. The van der Waals surface area contributed by atoms with Gasteiger partial charge in [0.1, 0.15) is 5.58 Å². The van der Waals surface area contributed by atoms with Gasteiger partial charge in [-0.25, -0.2) is 15.0 Å². The van der Waals surface area contributed by atoms with Crippen LogP contribution in [0, 0.1) is 0 Å². The topological polar surface area (TPSA) is 61.7 Å². The largest absolute Gasteiger partial charge is 0.454 e. The van der Waals surface area contributed by atoms with E-state index in [4.69, 9.17) is 19.4 Å². The molecule has 0 unspecified atom stereocenters. The van der Waals surface area contributed by atoms with Gasteiger partial charge in [-0.15, -0.1) is 0 Å². The smallest absolute Gasteiger partial charge is 0.164 e. The highest BCUT2D eigenvalue weighted by Gasteiger charge is 2.20. The molecule has 0 fully saturated rings. The third kappa shape index (κ3) is 6.38. The monoisotopic (exact) mass is 881 g/mol. The van der Waals surface area contributed by atoms with Gasteiger partial charge in [-0.2, -0.15) is 0 Å². The molecule has 0 bridgehead atoms. The van der Waals surface area contributed by atoms with Crippen molar-refractivity contribution in [1.82, 2.24) is 24.1 Å². The van der Waals surface area contributed by atoms with Gasteiger partial charge in [0.15, 0.2) is 23.1 Å². The fourth-order valence-corrected chi connectivity index (χ4v) is 10.3. The van der Waals surface area contributed by atoms with Gasteiger partial charge in [0, 0.05) is 54.7 Å². The molecule has 4 heterocycles. The molecule has 322 valence electrons. The summed E-state index contributed by atoms with van der Waals surface area (Å²) in [6, 6.07) is 83.5. The zero-order valence-corrected chi connectivity index (χ0v) is 37.2. The lowest BCUT2D eigenvalue weighted by Gasteiger charge is -2.11. The van der Waals surface area contributed by atoms with Crippen LogP contribution in [-0.4, -0.2) is 24.1 Å².